The van der Waals surface area contributed by atoms with Crippen molar-refractivity contribution in [1.82, 2.24) is 15.1 Å². The first kappa shape index (κ1) is 12.0. The van der Waals surface area contributed by atoms with Gasteiger partial charge < -0.3 is 16.0 Å². The van der Waals surface area contributed by atoms with Crippen LogP contribution in [0.15, 0.2) is 11.9 Å². The van der Waals surface area contributed by atoms with Crippen molar-refractivity contribution in [2.45, 2.75) is 20.0 Å². The fourth-order valence-electron chi connectivity index (χ4n) is 1.76. The molecule has 0 unspecified atom stereocenters. The molecule has 1 aliphatic heterocycles. The van der Waals surface area contributed by atoms with E-state index < -0.39 is 0 Å². The van der Waals surface area contributed by atoms with E-state index in [2.05, 4.69) is 24.1 Å². The summed E-state index contributed by atoms with van der Waals surface area (Å²) >= 11 is 0. The van der Waals surface area contributed by atoms with Crippen LogP contribution in [0.5, 0.6) is 0 Å². The van der Waals surface area contributed by atoms with E-state index in [0.29, 0.717) is 12.3 Å². The molecule has 5 heteroatoms. The van der Waals surface area contributed by atoms with E-state index in [9.17, 15) is 4.79 Å². The van der Waals surface area contributed by atoms with Crippen molar-refractivity contribution in [3.63, 3.8) is 0 Å². The van der Waals surface area contributed by atoms with Crippen LogP contribution in [0.25, 0.3) is 0 Å². The highest BCUT2D eigenvalue weighted by Gasteiger charge is 2.24. The molecule has 5 nitrogen and oxygen atoms in total. The van der Waals surface area contributed by atoms with Crippen molar-refractivity contribution in [3.8, 4) is 0 Å². The lowest BCUT2D eigenvalue weighted by Crippen LogP contribution is -2.54. The first-order chi connectivity index (χ1) is 7.04. The Kier molecular flexibility index (Phi) is 4.11. The summed E-state index contributed by atoms with van der Waals surface area (Å²) in [4.78, 5) is 14.6. The Morgan fingerprint density at radius 1 is 1.73 bits per heavy atom. The van der Waals surface area contributed by atoms with Crippen molar-refractivity contribution < 1.29 is 4.79 Å². The Morgan fingerprint density at radius 2 is 2.40 bits per heavy atom. The molecule has 0 radical (unpaired) electrons. The Hall–Kier alpha value is -1.07. The first-order valence-corrected chi connectivity index (χ1v) is 5.16. The van der Waals surface area contributed by atoms with Gasteiger partial charge in [0.25, 0.3) is 0 Å². The topological polar surface area (TPSA) is 61.6 Å². The molecular weight excluding hydrogens is 192 g/mol. The van der Waals surface area contributed by atoms with Crippen LogP contribution in [0.3, 0.4) is 0 Å². The molecule has 0 fully saturated rings. The number of amides is 1. The molecule has 1 heterocycles. The standard InChI is InChI=1S/C10H20N4O/c1-8(2)4-14-7-13(3)5-9(10(14)11)12-6-15/h5-6,8,10H,4,7,11H2,1-3H3,(H,12,15)/t10-/m1/s1. The van der Waals surface area contributed by atoms with Crippen molar-refractivity contribution in [1.29, 1.82) is 0 Å². The minimum Gasteiger partial charge on any atom is -0.366 e. The average molecular weight is 212 g/mol. The Morgan fingerprint density at radius 3 is 2.93 bits per heavy atom. The van der Waals surface area contributed by atoms with Gasteiger partial charge in [0.1, 0.15) is 6.17 Å². The zero-order valence-corrected chi connectivity index (χ0v) is 9.60. The SMILES string of the molecule is CC(C)CN1CN(C)C=C(NC=O)[C@@H]1N. The van der Waals surface area contributed by atoms with Gasteiger partial charge in [0.2, 0.25) is 6.41 Å². The number of nitrogens with zero attached hydrogens (tertiary/aromatic N) is 2. The lowest BCUT2D eigenvalue weighted by Gasteiger charge is -2.38. The van der Waals surface area contributed by atoms with Gasteiger partial charge in [0.05, 0.1) is 12.4 Å². The van der Waals surface area contributed by atoms with Gasteiger partial charge in [0, 0.05) is 19.8 Å². The second-order valence-corrected chi connectivity index (χ2v) is 4.36. The minimum absolute atomic E-state index is 0.214. The third-order valence-corrected chi connectivity index (χ3v) is 2.30. The van der Waals surface area contributed by atoms with Gasteiger partial charge in [-0.05, 0) is 5.92 Å². The van der Waals surface area contributed by atoms with Crippen LogP contribution < -0.4 is 11.1 Å². The minimum atomic E-state index is -0.214. The maximum atomic E-state index is 10.4. The van der Waals surface area contributed by atoms with E-state index >= 15 is 0 Å². The molecule has 0 spiro atoms. The van der Waals surface area contributed by atoms with E-state index in [0.717, 1.165) is 18.9 Å². The van der Waals surface area contributed by atoms with E-state index in [1.54, 1.807) is 0 Å². The summed E-state index contributed by atoms with van der Waals surface area (Å²) in [6.07, 6.45) is 2.32. The Bertz CT molecular complexity index is 252. The van der Waals surface area contributed by atoms with Crippen molar-refractivity contribution >= 4 is 6.41 Å². The average Bonchev–Trinajstić information content (AvgIpc) is 2.12. The van der Waals surface area contributed by atoms with Crippen LogP contribution >= 0.6 is 0 Å². The number of hydrogen-bond acceptors (Lipinski definition) is 4. The number of nitrogens with one attached hydrogen (secondary N) is 1. The Labute approximate surface area is 90.9 Å². The van der Waals surface area contributed by atoms with Gasteiger partial charge in [-0.15, -0.1) is 0 Å². The highest BCUT2D eigenvalue weighted by atomic mass is 16.1. The number of hydrogen-bond donors (Lipinski definition) is 2. The molecule has 0 saturated heterocycles. The number of carbonyl (C=O) groups is 1. The van der Waals surface area contributed by atoms with Gasteiger partial charge >= 0.3 is 0 Å². The molecule has 0 aromatic rings. The van der Waals surface area contributed by atoms with Crippen LogP contribution in [0.1, 0.15) is 13.8 Å². The predicted octanol–water partition coefficient (Wildman–Crippen LogP) is -0.280. The fourth-order valence-corrected chi connectivity index (χ4v) is 1.76. The van der Waals surface area contributed by atoms with Crippen molar-refractivity contribution in [2.24, 2.45) is 11.7 Å². The third-order valence-electron chi connectivity index (χ3n) is 2.30. The maximum Gasteiger partial charge on any atom is 0.211 e. The second-order valence-electron chi connectivity index (χ2n) is 4.36. The molecule has 0 aromatic carbocycles. The van der Waals surface area contributed by atoms with Crippen LogP contribution in [-0.4, -0.2) is 42.6 Å². The summed E-state index contributed by atoms with van der Waals surface area (Å²) in [6, 6.07) is 0. The summed E-state index contributed by atoms with van der Waals surface area (Å²) in [7, 11) is 1.96. The van der Waals surface area contributed by atoms with Crippen LogP contribution in [0.2, 0.25) is 0 Å². The van der Waals surface area contributed by atoms with Gasteiger partial charge in [0.15, 0.2) is 0 Å². The zero-order valence-electron chi connectivity index (χ0n) is 9.60. The lowest BCUT2D eigenvalue weighted by molar-refractivity contribution is -0.109. The quantitative estimate of drug-likeness (QED) is 0.629. The fraction of sp³-hybridized carbons (Fsp3) is 0.700. The van der Waals surface area contributed by atoms with Crippen molar-refractivity contribution in [3.05, 3.63) is 11.9 Å². The molecule has 1 aliphatic rings. The predicted molar refractivity (Wildman–Crippen MR) is 59.4 cm³/mol. The summed E-state index contributed by atoms with van der Waals surface area (Å²) in [6.45, 7) is 6.02. The molecule has 0 aliphatic carbocycles. The van der Waals surface area contributed by atoms with E-state index in [4.69, 9.17) is 5.73 Å². The molecular formula is C10H20N4O. The third kappa shape index (κ3) is 3.21. The van der Waals surface area contributed by atoms with Gasteiger partial charge in [-0.2, -0.15) is 0 Å². The van der Waals surface area contributed by atoms with Crippen LogP contribution in [0.4, 0.5) is 0 Å². The molecule has 1 atom stereocenters. The molecule has 0 bridgehead atoms. The van der Waals surface area contributed by atoms with Gasteiger partial charge in [-0.3, -0.25) is 9.69 Å². The highest BCUT2D eigenvalue weighted by molar-refractivity contribution is 5.50. The highest BCUT2D eigenvalue weighted by Crippen LogP contribution is 2.13. The smallest absolute Gasteiger partial charge is 0.211 e. The van der Waals surface area contributed by atoms with E-state index in [-0.39, 0.29) is 6.17 Å². The normalized spacial score (nSPS) is 22.9. The van der Waals surface area contributed by atoms with Gasteiger partial charge in [-0.1, -0.05) is 13.8 Å². The molecule has 0 saturated carbocycles. The molecule has 15 heavy (non-hydrogen) atoms. The van der Waals surface area contributed by atoms with Gasteiger partial charge in [-0.25, -0.2) is 0 Å². The molecule has 0 aromatic heterocycles. The Balaban J connectivity index is 2.70. The monoisotopic (exact) mass is 212 g/mol. The number of rotatable bonds is 4. The van der Waals surface area contributed by atoms with E-state index in [1.165, 1.54) is 0 Å². The number of carbonyl (C=O) groups excluding carboxylic acids is 1. The van der Waals surface area contributed by atoms with Crippen LogP contribution in [0, 0.1) is 5.92 Å². The maximum absolute atomic E-state index is 10.4. The zero-order chi connectivity index (χ0) is 11.4. The van der Waals surface area contributed by atoms with Crippen molar-refractivity contribution in [2.75, 3.05) is 20.3 Å². The first-order valence-electron chi connectivity index (χ1n) is 5.16. The molecule has 86 valence electrons. The summed E-state index contributed by atoms with van der Waals surface area (Å²) < 4.78 is 0. The summed E-state index contributed by atoms with van der Waals surface area (Å²) in [5, 5.41) is 2.64. The lowest BCUT2D eigenvalue weighted by atomic mass is 10.2. The molecule has 3 N–H and O–H groups in total. The number of nitrogens with two attached hydrogens (primary N) is 1. The van der Waals surface area contributed by atoms with E-state index in [1.807, 2.05) is 18.1 Å². The largest absolute Gasteiger partial charge is 0.366 e. The molecule has 1 rings (SSSR count). The molecule has 1 amide bonds. The summed E-state index contributed by atoms with van der Waals surface area (Å²) in [5.41, 5.74) is 6.78. The summed E-state index contributed by atoms with van der Waals surface area (Å²) in [5.74, 6) is 0.556. The van der Waals surface area contributed by atoms with Crippen LogP contribution in [-0.2, 0) is 4.79 Å². The second kappa shape index (κ2) is 5.14.